The summed E-state index contributed by atoms with van der Waals surface area (Å²) in [5.41, 5.74) is 5.59. The number of pyridine rings is 1. The molecule has 1 aromatic heterocycles. The van der Waals surface area contributed by atoms with Gasteiger partial charge in [0.1, 0.15) is 11.5 Å². The van der Waals surface area contributed by atoms with Gasteiger partial charge in [0.25, 0.3) is 0 Å². The monoisotopic (exact) mass is 305 g/mol. The van der Waals surface area contributed by atoms with Gasteiger partial charge in [-0.15, -0.1) is 0 Å². The zero-order valence-electron chi connectivity index (χ0n) is 14.5. The van der Waals surface area contributed by atoms with Crippen molar-refractivity contribution in [2.24, 2.45) is 0 Å². The Balaban J connectivity index is 2.15. The lowest BCUT2D eigenvalue weighted by Gasteiger charge is -2.16. The molecule has 2 heteroatoms. The predicted octanol–water partition coefficient (Wildman–Crippen LogP) is 6.08. The van der Waals surface area contributed by atoms with Crippen molar-refractivity contribution in [1.82, 2.24) is 4.98 Å². The van der Waals surface area contributed by atoms with Gasteiger partial charge in [-0.1, -0.05) is 37.6 Å². The average Bonchev–Trinajstić information content (AvgIpc) is 2.47. The smallest absolute Gasteiger partial charge is 0.138 e. The van der Waals surface area contributed by atoms with Gasteiger partial charge in [-0.05, 0) is 56.0 Å². The van der Waals surface area contributed by atoms with E-state index in [0.717, 1.165) is 28.1 Å². The van der Waals surface area contributed by atoms with Gasteiger partial charge < -0.3 is 4.74 Å². The van der Waals surface area contributed by atoms with E-state index in [1.54, 1.807) is 0 Å². The lowest BCUT2D eigenvalue weighted by Crippen LogP contribution is -1.96. The molecule has 0 fully saturated rings. The van der Waals surface area contributed by atoms with E-state index in [0.29, 0.717) is 5.92 Å². The van der Waals surface area contributed by atoms with Crippen LogP contribution in [0.5, 0.6) is 11.5 Å². The fourth-order valence-corrected chi connectivity index (χ4v) is 2.84. The van der Waals surface area contributed by atoms with Crippen LogP contribution in [-0.4, -0.2) is 4.98 Å². The Morgan fingerprint density at radius 2 is 1.52 bits per heavy atom. The van der Waals surface area contributed by atoms with Crippen molar-refractivity contribution >= 4 is 10.9 Å². The van der Waals surface area contributed by atoms with Crippen molar-refractivity contribution in [3.05, 3.63) is 64.8 Å². The van der Waals surface area contributed by atoms with E-state index in [9.17, 15) is 0 Å². The van der Waals surface area contributed by atoms with Gasteiger partial charge in [0, 0.05) is 17.1 Å². The fourth-order valence-electron chi connectivity index (χ4n) is 2.84. The molecule has 0 bridgehead atoms. The number of nitrogens with zero attached hydrogens (tertiary/aromatic N) is 1. The summed E-state index contributed by atoms with van der Waals surface area (Å²) >= 11 is 0. The van der Waals surface area contributed by atoms with Crippen molar-refractivity contribution < 1.29 is 4.74 Å². The third kappa shape index (κ3) is 3.21. The normalized spacial score (nSPS) is 11.2. The summed E-state index contributed by atoms with van der Waals surface area (Å²) in [7, 11) is 0. The molecule has 0 radical (unpaired) electrons. The summed E-state index contributed by atoms with van der Waals surface area (Å²) in [6.45, 7) is 10.6. The number of rotatable bonds is 3. The van der Waals surface area contributed by atoms with Gasteiger partial charge in [-0.25, -0.2) is 0 Å². The third-order valence-electron chi connectivity index (χ3n) is 4.07. The molecule has 118 valence electrons. The fraction of sp³-hybridized carbons (Fsp3) is 0.286. The molecule has 0 N–H and O–H groups in total. The first kappa shape index (κ1) is 15.5. The molecule has 0 aliphatic rings. The van der Waals surface area contributed by atoms with Gasteiger partial charge in [0.2, 0.25) is 0 Å². The largest absolute Gasteiger partial charge is 0.456 e. The molecular formula is C21H23NO. The molecule has 0 unspecified atom stereocenters. The Hall–Kier alpha value is -2.35. The molecule has 0 atom stereocenters. The molecule has 0 saturated heterocycles. The Morgan fingerprint density at radius 3 is 2.26 bits per heavy atom. The third-order valence-corrected chi connectivity index (χ3v) is 4.07. The van der Waals surface area contributed by atoms with Crippen LogP contribution >= 0.6 is 0 Å². The molecule has 0 amide bonds. The standard InChI is InChI=1S/C21H23NO/c1-13(2)17-8-6-15(4)11-20(17)23-21-12-16(5)22-19-9-7-14(3)10-18(19)21/h6-13H,1-5H3. The molecule has 1 heterocycles. The van der Waals surface area contributed by atoms with Crippen LogP contribution in [0, 0.1) is 20.8 Å². The van der Waals surface area contributed by atoms with Crippen molar-refractivity contribution in [3.63, 3.8) is 0 Å². The number of fused-ring (bicyclic) bond motifs is 1. The molecule has 0 spiro atoms. The van der Waals surface area contributed by atoms with E-state index in [1.165, 1.54) is 16.7 Å². The van der Waals surface area contributed by atoms with Gasteiger partial charge in [0.15, 0.2) is 0 Å². The molecule has 0 aliphatic carbocycles. The summed E-state index contributed by atoms with van der Waals surface area (Å²) < 4.78 is 6.36. The maximum absolute atomic E-state index is 6.36. The lowest BCUT2D eigenvalue weighted by atomic mass is 10.0. The quantitative estimate of drug-likeness (QED) is 0.585. The summed E-state index contributed by atoms with van der Waals surface area (Å²) in [6.07, 6.45) is 0. The van der Waals surface area contributed by atoms with Gasteiger partial charge in [-0.3, -0.25) is 4.98 Å². The number of hydrogen-bond acceptors (Lipinski definition) is 2. The zero-order chi connectivity index (χ0) is 16.6. The number of aryl methyl sites for hydroxylation is 3. The van der Waals surface area contributed by atoms with Crippen LogP contribution in [0.15, 0.2) is 42.5 Å². The van der Waals surface area contributed by atoms with E-state index < -0.39 is 0 Å². The SMILES string of the molecule is Cc1ccc(C(C)C)c(Oc2cc(C)nc3ccc(C)cc23)c1. The highest BCUT2D eigenvalue weighted by Crippen LogP contribution is 2.35. The summed E-state index contributed by atoms with van der Waals surface area (Å²) in [4.78, 5) is 4.61. The summed E-state index contributed by atoms with van der Waals surface area (Å²) in [5, 5.41) is 1.06. The first-order valence-electron chi connectivity index (χ1n) is 8.10. The number of aromatic nitrogens is 1. The average molecular weight is 305 g/mol. The zero-order valence-corrected chi connectivity index (χ0v) is 14.5. The Morgan fingerprint density at radius 1 is 0.826 bits per heavy atom. The lowest BCUT2D eigenvalue weighted by molar-refractivity contribution is 0.477. The van der Waals surface area contributed by atoms with Crippen LogP contribution in [0.25, 0.3) is 10.9 Å². The van der Waals surface area contributed by atoms with E-state index in [-0.39, 0.29) is 0 Å². The minimum Gasteiger partial charge on any atom is -0.456 e. The Kier molecular flexibility index (Phi) is 4.08. The molecule has 0 saturated carbocycles. The second kappa shape index (κ2) is 6.04. The molecule has 3 aromatic rings. The highest BCUT2D eigenvalue weighted by atomic mass is 16.5. The van der Waals surface area contributed by atoms with E-state index >= 15 is 0 Å². The Bertz CT molecular complexity index is 865. The second-order valence-corrected chi connectivity index (χ2v) is 6.58. The molecule has 0 aliphatic heterocycles. The number of hydrogen-bond donors (Lipinski definition) is 0. The topological polar surface area (TPSA) is 22.1 Å². The van der Waals surface area contributed by atoms with Gasteiger partial charge >= 0.3 is 0 Å². The maximum Gasteiger partial charge on any atom is 0.138 e. The van der Waals surface area contributed by atoms with E-state index in [1.807, 2.05) is 13.0 Å². The second-order valence-electron chi connectivity index (χ2n) is 6.58. The van der Waals surface area contributed by atoms with Crippen LogP contribution < -0.4 is 4.74 Å². The number of ether oxygens (including phenoxy) is 1. The van der Waals surface area contributed by atoms with Crippen LogP contribution in [0.3, 0.4) is 0 Å². The predicted molar refractivity (Wildman–Crippen MR) is 96.6 cm³/mol. The molecule has 2 aromatic carbocycles. The highest BCUT2D eigenvalue weighted by molar-refractivity contribution is 5.86. The summed E-state index contributed by atoms with van der Waals surface area (Å²) in [5.74, 6) is 2.23. The van der Waals surface area contributed by atoms with Crippen molar-refractivity contribution in [3.8, 4) is 11.5 Å². The molecular weight excluding hydrogens is 282 g/mol. The van der Waals surface area contributed by atoms with Crippen molar-refractivity contribution in [2.75, 3.05) is 0 Å². The maximum atomic E-state index is 6.36. The van der Waals surface area contributed by atoms with Crippen LogP contribution in [-0.2, 0) is 0 Å². The van der Waals surface area contributed by atoms with Crippen LogP contribution in [0.4, 0.5) is 0 Å². The van der Waals surface area contributed by atoms with E-state index in [2.05, 4.69) is 69.1 Å². The first-order chi connectivity index (χ1) is 10.9. The Labute approximate surface area is 138 Å². The molecule has 3 rings (SSSR count). The highest BCUT2D eigenvalue weighted by Gasteiger charge is 2.12. The molecule has 2 nitrogen and oxygen atoms in total. The van der Waals surface area contributed by atoms with Crippen LogP contribution in [0.1, 0.15) is 42.1 Å². The van der Waals surface area contributed by atoms with Crippen molar-refractivity contribution in [2.45, 2.75) is 40.5 Å². The summed E-state index contributed by atoms with van der Waals surface area (Å²) in [6, 6.07) is 14.7. The van der Waals surface area contributed by atoms with E-state index in [4.69, 9.17) is 4.74 Å². The first-order valence-corrected chi connectivity index (χ1v) is 8.10. The van der Waals surface area contributed by atoms with Crippen molar-refractivity contribution in [1.29, 1.82) is 0 Å². The minimum atomic E-state index is 0.418. The van der Waals surface area contributed by atoms with Crippen LogP contribution in [0.2, 0.25) is 0 Å². The van der Waals surface area contributed by atoms with Gasteiger partial charge in [0.05, 0.1) is 5.52 Å². The molecule has 23 heavy (non-hydrogen) atoms. The number of benzene rings is 2. The minimum absolute atomic E-state index is 0.418. The van der Waals surface area contributed by atoms with Gasteiger partial charge in [-0.2, -0.15) is 0 Å².